The number of hydrogen-bond donors (Lipinski definition) is 1. The molecule has 0 aromatic heterocycles. The molecule has 1 aromatic rings. The summed E-state index contributed by atoms with van der Waals surface area (Å²) in [5.41, 5.74) is -0.714. The Bertz CT molecular complexity index is 621. The lowest BCUT2D eigenvalue weighted by molar-refractivity contribution is 0.478. The standard InChI is InChI=1S/C12H13N3O2S/c1-12(2,8-14)9-15-18(16,17)11-6-4-3-5-10(11)7-13/h3-6,15H,9H2,1-2H3. The van der Waals surface area contributed by atoms with Crippen molar-refractivity contribution >= 4 is 10.0 Å². The summed E-state index contributed by atoms with van der Waals surface area (Å²) in [6.45, 7) is 3.25. The van der Waals surface area contributed by atoms with Gasteiger partial charge in [0.05, 0.1) is 21.9 Å². The normalized spacial score (nSPS) is 11.6. The number of sulfonamides is 1. The van der Waals surface area contributed by atoms with Gasteiger partial charge < -0.3 is 0 Å². The smallest absolute Gasteiger partial charge is 0.210 e. The van der Waals surface area contributed by atoms with E-state index in [1.165, 1.54) is 12.1 Å². The molecule has 0 saturated heterocycles. The van der Waals surface area contributed by atoms with Crippen LogP contribution in [0.5, 0.6) is 0 Å². The van der Waals surface area contributed by atoms with Gasteiger partial charge in [0.2, 0.25) is 10.0 Å². The van der Waals surface area contributed by atoms with Gasteiger partial charge in [-0.2, -0.15) is 10.5 Å². The fraction of sp³-hybridized carbons (Fsp3) is 0.333. The van der Waals surface area contributed by atoms with E-state index in [0.717, 1.165) is 0 Å². The number of benzene rings is 1. The van der Waals surface area contributed by atoms with Crippen molar-refractivity contribution in [2.24, 2.45) is 5.41 Å². The van der Waals surface area contributed by atoms with E-state index < -0.39 is 15.4 Å². The maximum Gasteiger partial charge on any atom is 0.241 e. The van der Waals surface area contributed by atoms with E-state index in [1.807, 2.05) is 12.1 Å². The van der Waals surface area contributed by atoms with Gasteiger partial charge >= 0.3 is 0 Å². The Kier molecular flexibility index (Phi) is 4.07. The molecule has 5 nitrogen and oxygen atoms in total. The predicted octanol–water partition coefficient (Wildman–Crippen LogP) is 1.39. The van der Waals surface area contributed by atoms with Gasteiger partial charge in [0.15, 0.2) is 0 Å². The molecule has 0 fully saturated rings. The Hall–Kier alpha value is -1.89. The minimum atomic E-state index is -3.77. The third-order valence-corrected chi connectivity index (χ3v) is 3.76. The molecule has 1 aromatic carbocycles. The molecule has 94 valence electrons. The average molecular weight is 263 g/mol. The molecule has 1 rings (SSSR count). The van der Waals surface area contributed by atoms with Crippen molar-refractivity contribution in [3.63, 3.8) is 0 Å². The second-order valence-corrected chi connectivity index (χ2v) is 6.16. The van der Waals surface area contributed by atoms with Gasteiger partial charge in [-0.25, -0.2) is 13.1 Å². The Labute approximate surface area is 107 Å². The van der Waals surface area contributed by atoms with E-state index in [4.69, 9.17) is 10.5 Å². The highest BCUT2D eigenvalue weighted by molar-refractivity contribution is 7.89. The van der Waals surface area contributed by atoms with Crippen molar-refractivity contribution in [2.75, 3.05) is 6.54 Å². The molecule has 0 spiro atoms. The van der Waals surface area contributed by atoms with Gasteiger partial charge in [-0.05, 0) is 26.0 Å². The van der Waals surface area contributed by atoms with Crippen LogP contribution < -0.4 is 4.72 Å². The molecule has 1 N–H and O–H groups in total. The molecule has 0 radical (unpaired) electrons. The van der Waals surface area contributed by atoms with Crippen LogP contribution in [-0.2, 0) is 10.0 Å². The fourth-order valence-electron chi connectivity index (χ4n) is 1.19. The summed E-state index contributed by atoms with van der Waals surface area (Å²) < 4.78 is 26.3. The topological polar surface area (TPSA) is 93.8 Å². The second-order valence-electron chi connectivity index (χ2n) is 4.43. The molecule has 0 unspecified atom stereocenters. The van der Waals surface area contributed by atoms with Gasteiger partial charge in [-0.15, -0.1) is 0 Å². The maximum atomic E-state index is 12.0. The van der Waals surface area contributed by atoms with Crippen molar-refractivity contribution in [2.45, 2.75) is 18.7 Å². The van der Waals surface area contributed by atoms with Crippen LogP contribution in [0, 0.1) is 28.1 Å². The van der Waals surface area contributed by atoms with Crippen molar-refractivity contribution in [3.8, 4) is 12.1 Å². The minimum absolute atomic E-state index is 0.00834. The van der Waals surface area contributed by atoms with E-state index in [-0.39, 0.29) is 17.0 Å². The van der Waals surface area contributed by atoms with Crippen molar-refractivity contribution < 1.29 is 8.42 Å². The second kappa shape index (κ2) is 5.18. The first-order valence-electron chi connectivity index (χ1n) is 5.22. The summed E-state index contributed by atoms with van der Waals surface area (Å²) in [6, 6.07) is 9.77. The molecule has 0 atom stereocenters. The molecular weight excluding hydrogens is 250 g/mol. The zero-order chi connectivity index (χ0) is 13.8. The van der Waals surface area contributed by atoms with Crippen LogP contribution in [0.2, 0.25) is 0 Å². The lowest BCUT2D eigenvalue weighted by Crippen LogP contribution is -2.33. The van der Waals surface area contributed by atoms with E-state index in [9.17, 15) is 8.42 Å². The molecule has 0 aliphatic rings. The SMILES string of the molecule is CC(C)(C#N)CNS(=O)(=O)c1ccccc1C#N. The van der Waals surface area contributed by atoms with E-state index in [2.05, 4.69) is 4.72 Å². The lowest BCUT2D eigenvalue weighted by Gasteiger charge is -2.16. The summed E-state index contributed by atoms with van der Waals surface area (Å²) in [5, 5.41) is 17.7. The van der Waals surface area contributed by atoms with Crippen LogP contribution in [0.4, 0.5) is 0 Å². The highest BCUT2D eigenvalue weighted by Crippen LogP contribution is 2.16. The minimum Gasteiger partial charge on any atom is -0.210 e. The zero-order valence-electron chi connectivity index (χ0n) is 10.1. The van der Waals surface area contributed by atoms with Gasteiger partial charge in [0, 0.05) is 6.54 Å². The molecular formula is C12H13N3O2S. The Balaban J connectivity index is 3.03. The number of rotatable bonds is 4. The number of hydrogen-bond acceptors (Lipinski definition) is 4. The summed E-state index contributed by atoms with van der Waals surface area (Å²) >= 11 is 0. The first-order chi connectivity index (χ1) is 8.32. The van der Waals surface area contributed by atoms with Crippen LogP contribution in [0.1, 0.15) is 19.4 Å². The Morgan fingerprint density at radius 3 is 2.44 bits per heavy atom. The highest BCUT2D eigenvalue weighted by atomic mass is 32.2. The van der Waals surface area contributed by atoms with Crippen molar-refractivity contribution in [1.82, 2.24) is 4.72 Å². The summed E-state index contributed by atoms with van der Waals surface area (Å²) in [7, 11) is -3.77. The summed E-state index contributed by atoms with van der Waals surface area (Å²) in [6.07, 6.45) is 0. The fourth-order valence-corrected chi connectivity index (χ4v) is 2.55. The Morgan fingerprint density at radius 2 is 1.89 bits per heavy atom. The number of nitrogens with zero attached hydrogens (tertiary/aromatic N) is 2. The average Bonchev–Trinajstić information content (AvgIpc) is 2.37. The maximum absolute atomic E-state index is 12.0. The number of nitrogens with one attached hydrogen (secondary N) is 1. The zero-order valence-corrected chi connectivity index (χ0v) is 11.0. The molecule has 0 aliphatic carbocycles. The van der Waals surface area contributed by atoms with Crippen LogP contribution in [0.15, 0.2) is 29.2 Å². The van der Waals surface area contributed by atoms with E-state index in [0.29, 0.717) is 0 Å². The number of nitriles is 2. The van der Waals surface area contributed by atoms with E-state index in [1.54, 1.807) is 26.0 Å². The molecule has 0 heterocycles. The predicted molar refractivity (Wildman–Crippen MR) is 65.7 cm³/mol. The lowest BCUT2D eigenvalue weighted by atomic mass is 9.97. The van der Waals surface area contributed by atoms with Gasteiger partial charge in [-0.1, -0.05) is 12.1 Å². The largest absolute Gasteiger partial charge is 0.241 e. The third kappa shape index (κ3) is 3.30. The quantitative estimate of drug-likeness (QED) is 0.888. The van der Waals surface area contributed by atoms with Gasteiger partial charge in [0.1, 0.15) is 6.07 Å². The molecule has 0 amide bonds. The van der Waals surface area contributed by atoms with Crippen LogP contribution in [0.25, 0.3) is 0 Å². The van der Waals surface area contributed by atoms with Gasteiger partial charge in [0.25, 0.3) is 0 Å². The van der Waals surface area contributed by atoms with Crippen LogP contribution in [-0.4, -0.2) is 15.0 Å². The Morgan fingerprint density at radius 1 is 1.28 bits per heavy atom. The highest BCUT2D eigenvalue weighted by Gasteiger charge is 2.23. The van der Waals surface area contributed by atoms with Crippen molar-refractivity contribution in [1.29, 1.82) is 10.5 Å². The first kappa shape index (κ1) is 14.2. The molecule has 0 saturated carbocycles. The van der Waals surface area contributed by atoms with Crippen molar-refractivity contribution in [3.05, 3.63) is 29.8 Å². The van der Waals surface area contributed by atoms with Crippen LogP contribution >= 0.6 is 0 Å². The monoisotopic (exact) mass is 263 g/mol. The molecule has 0 aliphatic heterocycles. The van der Waals surface area contributed by atoms with Gasteiger partial charge in [-0.3, -0.25) is 0 Å². The summed E-state index contributed by atoms with van der Waals surface area (Å²) in [5.74, 6) is 0. The first-order valence-corrected chi connectivity index (χ1v) is 6.71. The molecule has 0 bridgehead atoms. The van der Waals surface area contributed by atoms with Crippen LogP contribution in [0.3, 0.4) is 0 Å². The third-order valence-electron chi connectivity index (χ3n) is 2.30. The summed E-state index contributed by atoms with van der Waals surface area (Å²) in [4.78, 5) is -0.0683. The molecule has 6 heteroatoms. The molecule has 18 heavy (non-hydrogen) atoms. The van der Waals surface area contributed by atoms with E-state index >= 15 is 0 Å².